The first-order valence-corrected chi connectivity index (χ1v) is 8.91. The molecule has 0 atom stereocenters. The van der Waals surface area contributed by atoms with Crippen molar-refractivity contribution in [3.05, 3.63) is 54.1 Å². The monoisotopic (exact) mass is 368 g/mol. The van der Waals surface area contributed by atoms with Gasteiger partial charge in [0, 0.05) is 24.7 Å². The van der Waals surface area contributed by atoms with Gasteiger partial charge in [-0.15, -0.1) is 0 Å². The maximum Gasteiger partial charge on any atom is 0.415 e. The summed E-state index contributed by atoms with van der Waals surface area (Å²) in [5, 5.41) is 3.02. The highest BCUT2D eigenvalue weighted by atomic mass is 16.7. The second-order valence-corrected chi connectivity index (χ2v) is 6.48. The van der Waals surface area contributed by atoms with Crippen LogP contribution in [0.1, 0.15) is 23.2 Å². The number of carbonyl (C=O) groups is 2. The van der Waals surface area contributed by atoms with E-state index in [4.69, 9.17) is 14.2 Å². The standard InChI is InChI=1S/C20H20N2O5/c23-19(14-6-7-17-18(12-14)26-13-25-17)21-15-8-10-22(11-9-15)20(24)27-16-4-2-1-3-5-16/h1-7,12,15H,8-11,13H2,(H,21,23). The van der Waals surface area contributed by atoms with Crippen LogP contribution in [-0.2, 0) is 0 Å². The molecule has 0 bridgehead atoms. The Bertz CT molecular complexity index is 832. The zero-order valence-electron chi connectivity index (χ0n) is 14.7. The van der Waals surface area contributed by atoms with Crippen molar-refractivity contribution in [3.63, 3.8) is 0 Å². The Kier molecular flexibility index (Phi) is 4.82. The minimum absolute atomic E-state index is 0.0173. The van der Waals surface area contributed by atoms with Crippen molar-refractivity contribution in [2.45, 2.75) is 18.9 Å². The number of hydrogen-bond donors (Lipinski definition) is 1. The number of fused-ring (bicyclic) bond motifs is 1. The second kappa shape index (κ2) is 7.57. The number of piperidine rings is 1. The molecule has 2 heterocycles. The minimum Gasteiger partial charge on any atom is -0.454 e. The number of benzene rings is 2. The maximum atomic E-state index is 12.5. The van der Waals surface area contributed by atoms with Crippen LogP contribution in [-0.4, -0.2) is 42.8 Å². The fourth-order valence-corrected chi connectivity index (χ4v) is 3.17. The molecule has 0 saturated carbocycles. The normalized spacial score (nSPS) is 16.1. The molecule has 0 spiro atoms. The Morgan fingerprint density at radius 1 is 1.00 bits per heavy atom. The molecule has 2 aromatic rings. The highest BCUT2D eigenvalue weighted by molar-refractivity contribution is 5.95. The molecule has 0 unspecified atom stereocenters. The van der Waals surface area contributed by atoms with Crippen LogP contribution in [0.3, 0.4) is 0 Å². The Morgan fingerprint density at radius 3 is 2.52 bits per heavy atom. The van der Waals surface area contributed by atoms with Gasteiger partial charge in [0.2, 0.25) is 6.79 Å². The van der Waals surface area contributed by atoms with Crippen LogP contribution in [0.5, 0.6) is 17.2 Å². The lowest BCUT2D eigenvalue weighted by atomic mass is 10.0. The summed E-state index contributed by atoms with van der Waals surface area (Å²) < 4.78 is 15.9. The number of hydrogen-bond acceptors (Lipinski definition) is 5. The molecule has 2 aliphatic heterocycles. The molecule has 0 aliphatic carbocycles. The van der Waals surface area contributed by atoms with Gasteiger partial charge in [0.15, 0.2) is 11.5 Å². The van der Waals surface area contributed by atoms with E-state index in [0.29, 0.717) is 48.7 Å². The molecule has 2 amide bonds. The SMILES string of the molecule is O=C(NC1CCN(C(=O)Oc2ccccc2)CC1)c1ccc2c(c1)OCO2. The molecule has 1 saturated heterocycles. The molecule has 7 heteroatoms. The van der Waals surface area contributed by atoms with Crippen molar-refractivity contribution in [2.75, 3.05) is 19.9 Å². The van der Waals surface area contributed by atoms with Crippen molar-refractivity contribution < 1.29 is 23.8 Å². The van der Waals surface area contributed by atoms with Gasteiger partial charge in [0.05, 0.1) is 0 Å². The smallest absolute Gasteiger partial charge is 0.415 e. The van der Waals surface area contributed by atoms with Gasteiger partial charge in [-0.25, -0.2) is 4.79 Å². The Hall–Kier alpha value is -3.22. The van der Waals surface area contributed by atoms with Crippen molar-refractivity contribution in [1.82, 2.24) is 10.2 Å². The Balaban J connectivity index is 1.28. The summed E-state index contributed by atoms with van der Waals surface area (Å²) in [6.45, 7) is 1.26. The topological polar surface area (TPSA) is 77.1 Å². The van der Waals surface area contributed by atoms with E-state index in [-0.39, 0.29) is 24.8 Å². The van der Waals surface area contributed by atoms with Crippen LogP contribution in [0.4, 0.5) is 4.79 Å². The third-order valence-corrected chi connectivity index (χ3v) is 4.67. The molecular weight excluding hydrogens is 348 g/mol. The molecule has 0 aromatic heterocycles. The van der Waals surface area contributed by atoms with E-state index < -0.39 is 0 Å². The number of carbonyl (C=O) groups excluding carboxylic acids is 2. The summed E-state index contributed by atoms with van der Waals surface area (Å²) >= 11 is 0. The van der Waals surface area contributed by atoms with Gasteiger partial charge < -0.3 is 24.4 Å². The zero-order valence-corrected chi connectivity index (χ0v) is 14.7. The van der Waals surface area contributed by atoms with Crippen LogP contribution in [0.2, 0.25) is 0 Å². The van der Waals surface area contributed by atoms with Crippen molar-refractivity contribution in [2.24, 2.45) is 0 Å². The molecule has 4 rings (SSSR count). The van der Waals surface area contributed by atoms with E-state index in [1.165, 1.54) is 0 Å². The van der Waals surface area contributed by atoms with Crippen molar-refractivity contribution in [3.8, 4) is 17.2 Å². The van der Waals surface area contributed by atoms with Gasteiger partial charge >= 0.3 is 6.09 Å². The van der Waals surface area contributed by atoms with E-state index in [9.17, 15) is 9.59 Å². The van der Waals surface area contributed by atoms with Gasteiger partial charge in [-0.2, -0.15) is 0 Å². The number of ether oxygens (including phenoxy) is 3. The Labute approximate surface area is 156 Å². The molecular formula is C20H20N2O5. The molecule has 27 heavy (non-hydrogen) atoms. The summed E-state index contributed by atoms with van der Waals surface area (Å²) in [6, 6.07) is 14.2. The fraction of sp³-hybridized carbons (Fsp3) is 0.300. The predicted molar refractivity (Wildman–Crippen MR) is 97.1 cm³/mol. The summed E-state index contributed by atoms with van der Waals surface area (Å²) in [4.78, 5) is 26.3. The first kappa shape index (κ1) is 17.2. The summed E-state index contributed by atoms with van der Waals surface area (Å²) in [7, 11) is 0. The number of rotatable bonds is 3. The molecule has 140 valence electrons. The summed E-state index contributed by atoms with van der Waals surface area (Å²) in [5.74, 6) is 1.61. The van der Waals surface area contributed by atoms with Gasteiger partial charge in [-0.1, -0.05) is 18.2 Å². The summed E-state index contributed by atoms with van der Waals surface area (Å²) in [5.41, 5.74) is 0.533. The van der Waals surface area contributed by atoms with Gasteiger partial charge in [0.25, 0.3) is 5.91 Å². The number of para-hydroxylation sites is 1. The molecule has 0 radical (unpaired) electrons. The molecule has 1 fully saturated rings. The third-order valence-electron chi connectivity index (χ3n) is 4.67. The van der Waals surface area contributed by atoms with E-state index in [0.717, 1.165) is 0 Å². The van der Waals surface area contributed by atoms with Gasteiger partial charge in [-0.3, -0.25) is 4.79 Å². The van der Waals surface area contributed by atoms with Crippen LogP contribution in [0.15, 0.2) is 48.5 Å². The second-order valence-electron chi connectivity index (χ2n) is 6.48. The quantitative estimate of drug-likeness (QED) is 0.901. The number of amides is 2. The Morgan fingerprint density at radius 2 is 1.74 bits per heavy atom. The van der Waals surface area contributed by atoms with Crippen LogP contribution in [0, 0.1) is 0 Å². The predicted octanol–water partition coefficient (Wildman–Crippen LogP) is 2.81. The average molecular weight is 368 g/mol. The molecule has 2 aliphatic rings. The maximum absolute atomic E-state index is 12.5. The lowest BCUT2D eigenvalue weighted by Gasteiger charge is -2.31. The van der Waals surface area contributed by atoms with Crippen molar-refractivity contribution in [1.29, 1.82) is 0 Å². The number of likely N-dealkylation sites (tertiary alicyclic amines) is 1. The van der Waals surface area contributed by atoms with E-state index >= 15 is 0 Å². The zero-order chi connectivity index (χ0) is 18.6. The molecule has 2 aromatic carbocycles. The average Bonchev–Trinajstić information content (AvgIpc) is 3.17. The van der Waals surface area contributed by atoms with Crippen LogP contribution in [0.25, 0.3) is 0 Å². The lowest BCUT2D eigenvalue weighted by molar-refractivity contribution is 0.0909. The van der Waals surface area contributed by atoms with Gasteiger partial charge in [0.1, 0.15) is 5.75 Å². The van der Waals surface area contributed by atoms with Crippen molar-refractivity contribution >= 4 is 12.0 Å². The number of nitrogens with zero attached hydrogens (tertiary/aromatic N) is 1. The first-order chi connectivity index (χ1) is 13.2. The third kappa shape index (κ3) is 3.97. The summed E-state index contributed by atoms with van der Waals surface area (Å²) in [6.07, 6.45) is 1.00. The van der Waals surface area contributed by atoms with E-state index in [1.807, 2.05) is 18.2 Å². The van der Waals surface area contributed by atoms with Crippen LogP contribution >= 0.6 is 0 Å². The molecule has 7 nitrogen and oxygen atoms in total. The molecule has 1 N–H and O–H groups in total. The number of nitrogens with one attached hydrogen (secondary N) is 1. The largest absolute Gasteiger partial charge is 0.454 e. The van der Waals surface area contributed by atoms with Gasteiger partial charge in [-0.05, 0) is 43.2 Å². The minimum atomic E-state index is -0.359. The highest BCUT2D eigenvalue weighted by Crippen LogP contribution is 2.32. The lowest BCUT2D eigenvalue weighted by Crippen LogP contribution is -2.47. The highest BCUT2D eigenvalue weighted by Gasteiger charge is 2.26. The van der Waals surface area contributed by atoms with Crippen LogP contribution < -0.4 is 19.5 Å². The van der Waals surface area contributed by atoms with E-state index in [1.54, 1.807) is 35.2 Å². The first-order valence-electron chi connectivity index (χ1n) is 8.91. The fourth-order valence-electron chi connectivity index (χ4n) is 3.17. The van der Waals surface area contributed by atoms with E-state index in [2.05, 4.69) is 5.32 Å².